The summed E-state index contributed by atoms with van der Waals surface area (Å²) in [5.74, 6) is 0.590. The standard InChI is InChI=1S/C12H16N4O2S/c1-9-3-4-10(13)7-11(9)19(17,18)16(2)8-12-14-5-6-15-12/h3-7H,8,13H2,1-2H3,(H,14,15). The predicted molar refractivity (Wildman–Crippen MR) is 72.8 cm³/mol. The molecule has 6 nitrogen and oxygen atoms in total. The Labute approximate surface area is 112 Å². The molecule has 0 aliphatic rings. The SMILES string of the molecule is Cc1ccc(N)cc1S(=O)(=O)N(C)Cc1ncc[nH]1. The summed E-state index contributed by atoms with van der Waals surface area (Å²) in [5, 5.41) is 0. The van der Waals surface area contributed by atoms with Gasteiger partial charge in [-0.3, -0.25) is 0 Å². The summed E-state index contributed by atoms with van der Waals surface area (Å²) in [5.41, 5.74) is 6.75. The number of aromatic nitrogens is 2. The summed E-state index contributed by atoms with van der Waals surface area (Å²) in [4.78, 5) is 7.12. The van der Waals surface area contributed by atoms with Gasteiger partial charge in [0, 0.05) is 25.1 Å². The van der Waals surface area contributed by atoms with Crippen molar-refractivity contribution in [2.75, 3.05) is 12.8 Å². The van der Waals surface area contributed by atoms with Crippen molar-refractivity contribution in [3.63, 3.8) is 0 Å². The van der Waals surface area contributed by atoms with Crippen LogP contribution >= 0.6 is 0 Å². The summed E-state index contributed by atoms with van der Waals surface area (Å²) in [6.45, 7) is 1.93. The smallest absolute Gasteiger partial charge is 0.243 e. The van der Waals surface area contributed by atoms with E-state index >= 15 is 0 Å². The first kappa shape index (κ1) is 13.6. The van der Waals surface area contributed by atoms with E-state index in [2.05, 4.69) is 9.97 Å². The normalized spacial score (nSPS) is 11.9. The Morgan fingerprint density at radius 2 is 2.16 bits per heavy atom. The maximum Gasteiger partial charge on any atom is 0.243 e. The number of nitrogens with one attached hydrogen (secondary N) is 1. The maximum atomic E-state index is 12.5. The molecule has 3 N–H and O–H groups in total. The van der Waals surface area contributed by atoms with Gasteiger partial charge >= 0.3 is 0 Å². The molecule has 1 heterocycles. The van der Waals surface area contributed by atoms with Crippen molar-refractivity contribution in [1.29, 1.82) is 0 Å². The quantitative estimate of drug-likeness (QED) is 0.821. The van der Waals surface area contributed by atoms with Crippen LogP contribution < -0.4 is 5.73 Å². The van der Waals surface area contributed by atoms with Crippen LogP contribution in [-0.4, -0.2) is 29.7 Å². The maximum absolute atomic E-state index is 12.5. The van der Waals surface area contributed by atoms with Gasteiger partial charge in [-0.25, -0.2) is 13.4 Å². The van der Waals surface area contributed by atoms with Gasteiger partial charge in [-0.1, -0.05) is 6.07 Å². The van der Waals surface area contributed by atoms with Crippen molar-refractivity contribution >= 4 is 15.7 Å². The number of nitrogens with two attached hydrogens (primary N) is 1. The summed E-state index contributed by atoms with van der Waals surface area (Å²) in [6, 6.07) is 4.85. The molecular weight excluding hydrogens is 264 g/mol. The molecule has 0 saturated heterocycles. The van der Waals surface area contributed by atoms with Gasteiger partial charge in [0.05, 0.1) is 11.4 Å². The van der Waals surface area contributed by atoms with Crippen molar-refractivity contribution in [1.82, 2.24) is 14.3 Å². The van der Waals surface area contributed by atoms with Crippen molar-refractivity contribution < 1.29 is 8.42 Å². The summed E-state index contributed by atoms with van der Waals surface area (Å²) in [6.07, 6.45) is 3.24. The molecule has 0 spiro atoms. The second-order valence-electron chi connectivity index (χ2n) is 4.32. The molecule has 2 rings (SSSR count). The fourth-order valence-electron chi connectivity index (χ4n) is 1.74. The molecule has 0 fully saturated rings. The molecule has 0 aliphatic carbocycles. The summed E-state index contributed by atoms with van der Waals surface area (Å²) < 4.78 is 26.2. The molecule has 102 valence electrons. The minimum absolute atomic E-state index is 0.184. The highest BCUT2D eigenvalue weighted by Crippen LogP contribution is 2.22. The third-order valence-corrected chi connectivity index (χ3v) is 4.77. The van der Waals surface area contributed by atoms with E-state index in [1.165, 1.54) is 17.4 Å². The zero-order valence-corrected chi connectivity index (χ0v) is 11.6. The fraction of sp³-hybridized carbons (Fsp3) is 0.250. The van der Waals surface area contributed by atoms with E-state index in [0.717, 1.165) is 0 Å². The molecule has 0 unspecified atom stereocenters. The predicted octanol–water partition coefficient (Wildman–Crippen LogP) is 1.12. The van der Waals surface area contributed by atoms with Gasteiger partial charge in [-0.2, -0.15) is 4.31 Å². The topological polar surface area (TPSA) is 92.1 Å². The highest BCUT2D eigenvalue weighted by atomic mass is 32.2. The molecule has 1 aromatic heterocycles. The zero-order valence-electron chi connectivity index (χ0n) is 10.8. The molecule has 0 amide bonds. The minimum Gasteiger partial charge on any atom is -0.399 e. The van der Waals surface area contributed by atoms with Gasteiger partial charge in [0.25, 0.3) is 0 Å². The monoisotopic (exact) mass is 280 g/mol. The van der Waals surface area contributed by atoms with Crippen LogP contribution in [0, 0.1) is 6.92 Å². The lowest BCUT2D eigenvalue weighted by Gasteiger charge is -2.17. The number of nitrogens with zero attached hydrogens (tertiary/aromatic N) is 2. The van der Waals surface area contributed by atoms with Gasteiger partial charge in [-0.05, 0) is 24.6 Å². The van der Waals surface area contributed by atoms with Crippen molar-refractivity contribution in [2.45, 2.75) is 18.4 Å². The number of hydrogen-bond acceptors (Lipinski definition) is 4. The molecule has 0 atom stereocenters. The number of H-pyrrole nitrogens is 1. The van der Waals surface area contributed by atoms with E-state index < -0.39 is 10.0 Å². The van der Waals surface area contributed by atoms with E-state index in [9.17, 15) is 8.42 Å². The summed E-state index contributed by atoms with van der Waals surface area (Å²) >= 11 is 0. The molecule has 0 saturated carbocycles. The first-order valence-electron chi connectivity index (χ1n) is 5.72. The van der Waals surface area contributed by atoms with E-state index in [-0.39, 0.29) is 11.4 Å². The van der Waals surface area contributed by atoms with E-state index in [4.69, 9.17) is 5.73 Å². The third kappa shape index (κ3) is 2.77. The first-order chi connectivity index (χ1) is 8.91. The van der Waals surface area contributed by atoms with Crippen LogP contribution in [0.3, 0.4) is 0 Å². The lowest BCUT2D eigenvalue weighted by atomic mass is 10.2. The Morgan fingerprint density at radius 3 is 2.79 bits per heavy atom. The number of rotatable bonds is 4. The first-order valence-corrected chi connectivity index (χ1v) is 7.16. The highest BCUT2D eigenvalue weighted by molar-refractivity contribution is 7.89. The number of benzene rings is 1. The second-order valence-corrected chi connectivity index (χ2v) is 6.34. The molecule has 0 radical (unpaired) electrons. The van der Waals surface area contributed by atoms with Gasteiger partial charge in [0.15, 0.2) is 0 Å². The van der Waals surface area contributed by atoms with Crippen LogP contribution in [0.1, 0.15) is 11.4 Å². The second kappa shape index (κ2) is 5.02. The number of aromatic amines is 1. The zero-order chi connectivity index (χ0) is 14.0. The van der Waals surface area contributed by atoms with Crippen LogP contribution in [0.2, 0.25) is 0 Å². The third-order valence-electron chi connectivity index (χ3n) is 2.83. The van der Waals surface area contributed by atoms with Gasteiger partial charge in [0.2, 0.25) is 10.0 Å². The van der Waals surface area contributed by atoms with Gasteiger partial charge in [0.1, 0.15) is 5.82 Å². The number of imidazole rings is 1. The Balaban J connectivity index is 2.33. The number of sulfonamides is 1. The Bertz CT molecular complexity index is 665. The molecule has 7 heteroatoms. The average Bonchev–Trinajstić information content (AvgIpc) is 2.85. The van der Waals surface area contributed by atoms with Crippen molar-refractivity contribution in [3.05, 3.63) is 42.0 Å². The van der Waals surface area contributed by atoms with Crippen LogP contribution in [0.15, 0.2) is 35.5 Å². The molecular formula is C12H16N4O2S. The summed E-state index contributed by atoms with van der Waals surface area (Å²) in [7, 11) is -2.06. The number of nitrogen functional groups attached to an aromatic ring is 1. The van der Waals surface area contributed by atoms with Crippen LogP contribution in [-0.2, 0) is 16.6 Å². The molecule has 1 aromatic carbocycles. The van der Waals surface area contributed by atoms with Gasteiger partial charge in [-0.15, -0.1) is 0 Å². The molecule has 0 bridgehead atoms. The van der Waals surface area contributed by atoms with E-state index in [1.54, 1.807) is 31.5 Å². The van der Waals surface area contributed by atoms with Crippen molar-refractivity contribution in [2.24, 2.45) is 0 Å². The lowest BCUT2D eigenvalue weighted by molar-refractivity contribution is 0.458. The van der Waals surface area contributed by atoms with Crippen molar-refractivity contribution in [3.8, 4) is 0 Å². The Morgan fingerprint density at radius 1 is 1.42 bits per heavy atom. The molecule has 19 heavy (non-hydrogen) atoms. The van der Waals surface area contributed by atoms with Gasteiger partial charge < -0.3 is 10.7 Å². The number of anilines is 1. The van der Waals surface area contributed by atoms with Crippen LogP contribution in [0.25, 0.3) is 0 Å². The molecule has 2 aromatic rings. The highest BCUT2D eigenvalue weighted by Gasteiger charge is 2.23. The Hall–Kier alpha value is -1.86. The lowest BCUT2D eigenvalue weighted by Crippen LogP contribution is -2.27. The fourth-order valence-corrected chi connectivity index (χ4v) is 3.13. The van der Waals surface area contributed by atoms with Crippen LogP contribution in [0.5, 0.6) is 0 Å². The number of hydrogen-bond donors (Lipinski definition) is 2. The Kier molecular flexibility index (Phi) is 3.59. The average molecular weight is 280 g/mol. The minimum atomic E-state index is -3.57. The van der Waals surface area contributed by atoms with Crippen LogP contribution in [0.4, 0.5) is 5.69 Å². The van der Waals surface area contributed by atoms with E-state index in [0.29, 0.717) is 17.1 Å². The largest absolute Gasteiger partial charge is 0.399 e. The van der Waals surface area contributed by atoms with E-state index in [1.807, 2.05) is 0 Å². The molecule has 0 aliphatic heterocycles. The number of aryl methyl sites for hydroxylation is 1.